The largest absolute Gasteiger partial charge is 0.336 e. The molecule has 0 saturated carbocycles. The van der Waals surface area contributed by atoms with Gasteiger partial charge in [-0.1, -0.05) is 45.0 Å². The van der Waals surface area contributed by atoms with E-state index in [1.54, 1.807) is 19.2 Å². The van der Waals surface area contributed by atoms with Crippen molar-refractivity contribution in [3.63, 3.8) is 0 Å². The molecule has 0 fully saturated rings. The van der Waals surface area contributed by atoms with E-state index in [4.69, 9.17) is 0 Å². The Morgan fingerprint density at radius 3 is 2.34 bits per heavy atom. The van der Waals surface area contributed by atoms with Gasteiger partial charge in [-0.15, -0.1) is 0 Å². The van der Waals surface area contributed by atoms with Crippen molar-refractivity contribution in [3.05, 3.63) is 70.5 Å². The van der Waals surface area contributed by atoms with E-state index in [0.717, 1.165) is 22.4 Å². The van der Waals surface area contributed by atoms with Crippen molar-refractivity contribution in [3.8, 4) is 0 Å². The van der Waals surface area contributed by atoms with Crippen LogP contribution in [0.15, 0.2) is 47.6 Å². The topological polar surface area (TPSA) is 53.0 Å². The summed E-state index contributed by atoms with van der Waals surface area (Å²) in [5, 5.41) is 6.12. The lowest BCUT2D eigenvalue weighted by molar-refractivity contribution is -0.141. The minimum absolute atomic E-state index is 0.0592. The summed E-state index contributed by atoms with van der Waals surface area (Å²) >= 11 is 0. The van der Waals surface area contributed by atoms with Crippen molar-refractivity contribution < 1.29 is 14.0 Å². The van der Waals surface area contributed by atoms with Crippen LogP contribution in [0.2, 0.25) is 0 Å². The Hall–Kier alpha value is -3.02. The highest BCUT2D eigenvalue weighted by Gasteiger charge is 2.34. The van der Waals surface area contributed by atoms with E-state index < -0.39 is 0 Å². The molecular formula is C26H32FN3O2. The lowest BCUT2D eigenvalue weighted by Crippen LogP contribution is -2.40. The fourth-order valence-electron chi connectivity index (χ4n) is 3.73. The first-order chi connectivity index (χ1) is 14.9. The molecule has 0 spiro atoms. The van der Waals surface area contributed by atoms with Crippen LogP contribution in [0.25, 0.3) is 0 Å². The Labute approximate surface area is 189 Å². The Bertz CT molecular complexity index is 1040. The van der Waals surface area contributed by atoms with Gasteiger partial charge in [-0.05, 0) is 59.7 Å². The number of carbonyl (C=O) groups excluding carboxylic acids is 2. The molecule has 170 valence electrons. The summed E-state index contributed by atoms with van der Waals surface area (Å²) in [5.74, 6) is -0.669. The molecule has 5 nitrogen and oxygen atoms in total. The summed E-state index contributed by atoms with van der Waals surface area (Å²) in [7, 11) is 1.64. The molecule has 0 saturated heterocycles. The Morgan fingerprint density at radius 1 is 1.09 bits per heavy atom. The van der Waals surface area contributed by atoms with Crippen LogP contribution in [0, 0.1) is 25.1 Å². The van der Waals surface area contributed by atoms with Gasteiger partial charge in [0.15, 0.2) is 0 Å². The van der Waals surface area contributed by atoms with E-state index in [0.29, 0.717) is 12.8 Å². The van der Waals surface area contributed by atoms with E-state index in [-0.39, 0.29) is 35.6 Å². The number of halogens is 1. The molecule has 32 heavy (non-hydrogen) atoms. The van der Waals surface area contributed by atoms with Crippen LogP contribution in [0.1, 0.15) is 61.9 Å². The van der Waals surface area contributed by atoms with Crippen LogP contribution in [-0.4, -0.2) is 41.0 Å². The zero-order chi connectivity index (χ0) is 23.6. The van der Waals surface area contributed by atoms with Crippen molar-refractivity contribution in [1.82, 2.24) is 9.91 Å². The minimum Gasteiger partial charge on any atom is -0.336 e. The van der Waals surface area contributed by atoms with Gasteiger partial charge in [-0.25, -0.2) is 9.40 Å². The second-order valence-electron chi connectivity index (χ2n) is 9.84. The van der Waals surface area contributed by atoms with Gasteiger partial charge < -0.3 is 4.90 Å². The molecule has 0 bridgehead atoms. The number of likely N-dealkylation sites (N-methyl/N-ethyl adjacent to an activating group) is 1. The molecule has 0 aliphatic carbocycles. The third kappa shape index (κ3) is 5.61. The molecule has 3 rings (SSSR count). The van der Waals surface area contributed by atoms with Gasteiger partial charge in [0.1, 0.15) is 12.4 Å². The molecular weight excluding hydrogens is 405 g/mol. The number of nitrogens with zero attached hydrogens (tertiary/aromatic N) is 3. The minimum atomic E-state index is -0.342. The molecule has 1 atom stereocenters. The van der Waals surface area contributed by atoms with Crippen LogP contribution >= 0.6 is 0 Å². The summed E-state index contributed by atoms with van der Waals surface area (Å²) in [6, 6.07) is 11.9. The molecule has 6 heteroatoms. The highest BCUT2D eigenvalue weighted by Crippen LogP contribution is 2.33. The first-order valence-electron chi connectivity index (χ1n) is 10.9. The predicted molar refractivity (Wildman–Crippen MR) is 125 cm³/mol. The smallest absolute Gasteiger partial charge is 0.262 e. The highest BCUT2D eigenvalue weighted by atomic mass is 19.1. The summed E-state index contributed by atoms with van der Waals surface area (Å²) in [4.78, 5) is 27.2. The first-order valence-corrected chi connectivity index (χ1v) is 10.9. The van der Waals surface area contributed by atoms with Gasteiger partial charge in [0, 0.05) is 19.9 Å². The molecule has 0 radical (unpaired) electrons. The predicted octanol–water partition coefficient (Wildman–Crippen LogP) is 5.01. The molecule has 2 amide bonds. The summed E-state index contributed by atoms with van der Waals surface area (Å²) < 4.78 is 13.5. The van der Waals surface area contributed by atoms with Gasteiger partial charge in [0.2, 0.25) is 5.91 Å². The highest BCUT2D eigenvalue weighted by molar-refractivity contribution is 6.03. The van der Waals surface area contributed by atoms with E-state index in [1.165, 1.54) is 27.6 Å². The van der Waals surface area contributed by atoms with Crippen molar-refractivity contribution in [2.24, 2.45) is 10.5 Å². The third-order valence-electron chi connectivity index (χ3n) is 5.74. The lowest BCUT2D eigenvalue weighted by Gasteiger charge is -2.26. The Balaban J connectivity index is 1.87. The molecule has 0 aromatic heterocycles. The van der Waals surface area contributed by atoms with Gasteiger partial charge >= 0.3 is 0 Å². The zero-order valence-corrected chi connectivity index (χ0v) is 19.8. The number of rotatable bonds is 5. The fraction of sp³-hybridized carbons (Fsp3) is 0.423. The van der Waals surface area contributed by atoms with Crippen molar-refractivity contribution in [1.29, 1.82) is 0 Å². The molecule has 1 aliphatic rings. The summed E-state index contributed by atoms with van der Waals surface area (Å²) in [6.07, 6.45) is 0.884. The summed E-state index contributed by atoms with van der Waals surface area (Å²) in [5.41, 5.74) is 4.76. The average molecular weight is 438 g/mol. The quantitative estimate of drug-likeness (QED) is 0.660. The van der Waals surface area contributed by atoms with Gasteiger partial charge in [0.25, 0.3) is 5.91 Å². The molecule has 0 unspecified atom stereocenters. The SMILES string of the molecule is Cc1ccc(C2=NN(C(=O)CN(C)C(=O)CC(C)(C)C)[C@@H](c3ccc(F)cc3)C2)cc1C. The average Bonchev–Trinajstić information content (AvgIpc) is 3.15. The molecule has 2 aromatic rings. The Morgan fingerprint density at radius 2 is 1.75 bits per heavy atom. The molecule has 1 heterocycles. The standard InChI is InChI=1S/C26H32FN3O2/c1-17-7-8-20(13-18(17)2)22-14-23(19-9-11-21(27)12-10-19)30(28-22)25(32)16-29(6)24(31)15-26(3,4)5/h7-13,23H,14-16H2,1-6H3/t23-/m1/s1. The number of carbonyl (C=O) groups is 2. The van der Waals surface area contributed by atoms with Crippen LogP contribution in [0.5, 0.6) is 0 Å². The molecule has 1 aliphatic heterocycles. The zero-order valence-electron chi connectivity index (χ0n) is 19.8. The first kappa shape index (κ1) is 23.6. The van der Waals surface area contributed by atoms with E-state index in [1.807, 2.05) is 39.8 Å². The van der Waals surface area contributed by atoms with Gasteiger partial charge in [0.05, 0.1) is 11.8 Å². The maximum atomic E-state index is 13.5. The normalized spacial score (nSPS) is 16.2. The maximum absolute atomic E-state index is 13.5. The summed E-state index contributed by atoms with van der Waals surface area (Å²) in [6.45, 7) is 10.0. The van der Waals surface area contributed by atoms with Crippen molar-refractivity contribution >= 4 is 17.5 Å². The van der Waals surface area contributed by atoms with Crippen LogP contribution in [0.4, 0.5) is 4.39 Å². The Kier molecular flexibility index (Phi) is 6.82. The van der Waals surface area contributed by atoms with Crippen LogP contribution in [0.3, 0.4) is 0 Å². The van der Waals surface area contributed by atoms with E-state index >= 15 is 0 Å². The van der Waals surface area contributed by atoms with Gasteiger partial charge in [-0.3, -0.25) is 9.59 Å². The number of hydrogen-bond donors (Lipinski definition) is 0. The second-order valence-corrected chi connectivity index (χ2v) is 9.84. The van der Waals surface area contributed by atoms with Gasteiger partial charge in [-0.2, -0.15) is 5.10 Å². The fourth-order valence-corrected chi connectivity index (χ4v) is 3.73. The monoisotopic (exact) mass is 437 g/mol. The number of benzene rings is 2. The molecule has 2 aromatic carbocycles. The van der Waals surface area contributed by atoms with Crippen LogP contribution in [-0.2, 0) is 9.59 Å². The number of hydrazone groups is 1. The maximum Gasteiger partial charge on any atom is 0.262 e. The van der Waals surface area contributed by atoms with Crippen LogP contribution < -0.4 is 0 Å². The van der Waals surface area contributed by atoms with Crippen molar-refractivity contribution in [2.75, 3.05) is 13.6 Å². The number of aryl methyl sites for hydroxylation is 2. The number of amides is 2. The number of hydrogen-bond acceptors (Lipinski definition) is 3. The third-order valence-corrected chi connectivity index (χ3v) is 5.74. The molecule has 0 N–H and O–H groups in total. The van der Waals surface area contributed by atoms with Crippen molar-refractivity contribution in [2.45, 2.75) is 53.5 Å². The second kappa shape index (κ2) is 9.23. The lowest BCUT2D eigenvalue weighted by atomic mass is 9.92. The van der Waals surface area contributed by atoms with E-state index in [9.17, 15) is 14.0 Å². The van der Waals surface area contributed by atoms with E-state index in [2.05, 4.69) is 18.1 Å².